The highest BCUT2D eigenvalue weighted by Crippen LogP contribution is 2.55. The first-order chi connectivity index (χ1) is 31.3. The molecule has 1 saturated heterocycles. The number of hydrogen-bond donors (Lipinski definition) is 3. The lowest BCUT2D eigenvalue weighted by Crippen LogP contribution is -2.74. The van der Waals surface area contributed by atoms with Crippen molar-refractivity contribution in [3.63, 3.8) is 0 Å². The van der Waals surface area contributed by atoms with Crippen LogP contribution in [0.2, 0.25) is 5.02 Å². The second-order valence-electron chi connectivity index (χ2n) is 19.9. The van der Waals surface area contributed by atoms with E-state index in [0.29, 0.717) is 53.7 Å². The standard InChI is InChI=1S/C52H64ClN5O8/c1-50(2,3)45(47(63)58-31-38(59)27-42(58)43(60)22-13-33-11-14-34(15-12-33)37-23-24-55-30-37)56-44(61)32-64-25-9-8-10-26-65-39-19-16-35(17-20-39)46(62)57-48-51(4,5)49(52(48,6)7)66-40-21-18-36(29-54)41(53)28-40/h11-12,14-21,24,28,30,38,42,45,48-49,59H,8-10,13,22-23,25-27,31-32H2,1-7H3,(H,56,61)(H,57,62)/t38-,42+,45-,48?,49?/m1/s1. The van der Waals surface area contributed by atoms with E-state index in [2.05, 4.69) is 49.4 Å². The summed E-state index contributed by atoms with van der Waals surface area (Å²) in [6, 6.07) is 20.3. The van der Waals surface area contributed by atoms with Gasteiger partial charge in [-0.15, -0.1) is 0 Å². The predicted molar refractivity (Wildman–Crippen MR) is 254 cm³/mol. The zero-order valence-electron chi connectivity index (χ0n) is 39.2. The van der Waals surface area contributed by atoms with Crippen molar-refractivity contribution in [1.29, 1.82) is 5.26 Å². The van der Waals surface area contributed by atoms with E-state index in [0.717, 1.165) is 36.0 Å². The van der Waals surface area contributed by atoms with Gasteiger partial charge < -0.3 is 34.9 Å². The molecular formula is C52H64ClN5O8. The van der Waals surface area contributed by atoms with Gasteiger partial charge in [0.05, 0.1) is 29.3 Å². The fourth-order valence-electron chi connectivity index (χ4n) is 9.59. The van der Waals surface area contributed by atoms with Crippen molar-refractivity contribution in [2.75, 3.05) is 26.4 Å². The Kier molecular flexibility index (Phi) is 16.2. The molecule has 2 heterocycles. The Morgan fingerprint density at radius 1 is 0.955 bits per heavy atom. The number of hydrogen-bond acceptors (Lipinski definition) is 10. The van der Waals surface area contributed by atoms with Crippen LogP contribution >= 0.6 is 11.6 Å². The summed E-state index contributed by atoms with van der Waals surface area (Å²) in [5.41, 5.74) is 2.72. The summed E-state index contributed by atoms with van der Waals surface area (Å²) < 4.78 is 17.9. The number of benzene rings is 3. The van der Waals surface area contributed by atoms with Gasteiger partial charge in [-0.2, -0.15) is 5.26 Å². The number of aliphatic imine (C=N–C) groups is 1. The predicted octanol–water partition coefficient (Wildman–Crippen LogP) is 7.90. The minimum absolute atomic E-state index is 0.0299. The molecule has 0 spiro atoms. The van der Waals surface area contributed by atoms with Crippen LogP contribution in [-0.2, 0) is 25.5 Å². The molecule has 1 aliphatic carbocycles. The first kappa shape index (κ1) is 49.9. The maximum absolute atomic E-state index is 14.0. The van der Waals surface area contributed by atoms with Gasteiger partial charge in [-0.1, -0.05) is 84.3 Å². The van der Waals surface area contributed by atoms with Crippen LogP contribution in [0.1, 0.15) is 114 Å². The van der Waals surface area contributed by atoms with Crippen LogP contribution < -0.4 is 20.1 Å². The lowest BCUT2D eigenvalue weighted by molar-refractivity contribution is -0.164. The third-order valence-electron chi connectivity index (χ3n) is 13.0. The van der Waals surface area contributed by atoms with Gasteiger partial charge >= 0.3 is 0 Å². The Labute approximate surface area is 393 Å². The summed E-state index contributed by atoms with van der Waals surface area (Å²) in [5, 5.41) is 26.2. The van der Waals surface area contributed by atoms with E-state index in [-0.39, 0.29) is 60.7 Å². The highest BCUT2D eigenvalue weighted by molar-refractivity contribution is 6.31. The molecule has 3 aromatic rings. The van der Waals surface area contributed by atoms with Gasteiger partial charge in [0.1, 0.15) is 36.3 Å². The van der Waals surface area contributed by atoms with Crippen molar-refractivity contribution >= 4 is 46.9 Å². The van der Waals surface area contributed by atoms with Crippen molar-refractivity contribution in [2.45, 2.75) is 124 Å². The molecule has 3 aliphatic rings. The van der Waals surface area contributed by atoms with E-state index in [4.69, 9.17) is 25.8 Å². The zero-order valence-corrected chi connectivity index (χ0v) is 40.0. The number of Topliss-reactive ketones (excluding diaryl/α,β-unsaturated/α-hetero) is 1. The van der Waals surface area contributed by atoms with Crippen LogP contribution in [0, 0.1) is 27.6 Å². The number of β-amino-alcohol motifs (C(OH)–C–C–N with tert-alkyl or cyclic N) is 1. The Morgan fingerprint density at radius 2 is 1.64 bits per heavy atom. The molecule has 13 nitrogen and oxygen atoms in total. The lowest BCUT2D eigenvalue weighted by Gasteiger charge is -2.63. The number of aliphatic hydroxyl groups excluding tert-OH is 1. The minimum atomic E-state index is -0.922. The number of nitrogens with zero attached hydrogens (tertiary/aromatic N) is 3. The third kappa shape index (κ3) is 12.1. The van der Waals surface area contributed by atoms with E-state index in [1.807, 2.05) is 57.5 Å². The highest BCUT2D eigenvalue weighted by Gasteiger charge is 2.64. The molecule has 3 N–H and O–H groups in total. The van der Waals surface area contributed by atoms with Crippen molar-refractivity contribution in [3.8, 4) is 17.6 Å². The molecule has 3 aromatic carbocycles. The molecule has 6 rings (SSSR count). The molecule has 14 heteroatoms. The molecule has 2 aliphatic heterocycles. The van der Waals surface area contributed by atoms with Crippen LogP contribution in [0.3, 0.4) is 0 Å². The molecule has 66 heavy (non-hydrogen) atoms. The average molecular weight is 923 g/mol. The van der Waals surface area contributed by atoms with Crippen molar-refractivity contribution in [2.24, 2.45) is 21.2 Å². The minimum Gasteiger partial charge on any atom is -0.494 e. The second-order valence-corrected chi connectivity index (χ2v) is 20.3. The molecule has 0 aromatic heterocycles. The van der Waals surface area contributed by atoms with E-state index in [9.17, 15) is 29.5 Å². The topological polar surface area (TPSA) is 180 Å². The summed E-state index contributed by atoms with van der Waals surface area (Å²) >= 11 is 6.23. The summed E-state index contributed by atoms with van der Waals surface area (Å²) in [6.07, 6.45) is 6.65. The first-order valence-corrected chi connectivity index (χ1v) is 23.3. The lowest BCUT2D eigenvalue weighted by atomic mass is 9.49. The van der Waals surface area contributed by atoms with Crippen molar-refractivity contribution < 1.29 is 38.5 Å². The number of aliphatic hydroxyl groups is 1. The van der Waals surface area contributed by atoms with Gasteiger partial charge in [-0.25, -0.2) is 0 Å². The van der Waals surface area contributed by atoms with Gasteiger partial charge in [0.25, 0.3) is 5.91 Å². The number of amides is 3. The van der Waals surface area contributed by atoms with Crippen molar-refractivity contribution in [1.82, 2.24) is 15.5 Å². The molecule has 3 amide bonds. The number of allylic oxidation sites excluding steroid dienone is 1. The molecule has 0 bridgehead atoms. The van der Waals surface area contributed by atoms with Crippen LogP contribution in [0.5, 0.6) is 11.5 Å². The van der Waals surface area contributed by atoms with Gasteiger partial charge in [0.15, 0.2) is 5.78 Å². The van der Waals surface area contributed by atoms with E-state index in [1.54, 1.807) is 42.5 Å². The number of carbonyl (C=O) groups is 4. The fraction of sp³-hybridized carbons (Fsp3) is 0.500. The van der Waals surface area contributed by atoms with Gasteiger partial charge in [-0.05, 0) is 84.2 Å². The SMILES string of the molecule is CC1(C)C(NC(=O)c2ccc(OCCCCCOCC(=O)N[C@H](C(=O)N3C[C@H](O)C[C@H]3C(=O)CCc3ccc(C4=CN=CC4)cc3)C(C)(C)C)cc2)C(C)(C)C1Oc1ccc(C#N)c(Cl)c1. The van der Waals surface area contributed by atoms with Crippen LogP contribution in [-0.4, -0.2) is 96.4 Å². The number of unbranched alkanes of at least 4 members (excludes halogenated alkanes) is 2. The van der Waals surface area contributed by atoms with Gasteiger partial charge in [-0.3, -0.25) is 24.2 Å². The number of nitrogens with one attached hydrogen (secondary N) is 2. The number of aryl methyl sites for hydroxylation is 1. The number of ketones is 1. The van der Waals surface area contributed by atoms with Gasteiger partial charge in [0.2, 0.25) is 11.8 Å². The largest absolute Gasteiger partial charge is 0.494 e. The fourth-order valence-corrected chi connectivity index (χ4v) is 9.80. The monoisotopic (exact) mass is 921 g/mol. The quantitative estimate of drug-likeness (QED) is 0.0951. The smallest absolute Gasteiger partial charge is 0.251 e. The summed E-state index contributed by atoms with van der Waals surface area (Å²) in [6.45, 7) is 14.4. The zero-order chi connectivity index (χ0) is 47.8. The van der Waals surface area contributed by atoms with E-state index < -0.39 is 35.4 Å². The van der Waals surface area contributed by atoms with E-state index in [1.165, 1.54) is 4.90 Å². The number of halogens is 1. The normalized spacial score (nSPS) is 21.0. The van der Waals surface area contributed by atoms with Gasteiger partial charge in [0, 0.05) is 73.3 Å². The molecule has 3 atom stereocenters. The maximum Gasteiger partial charge on any atom is 0.251 e. The molecule has 2 fully saturated rings. The summed E-state index contributed by atoms with van der Waals surface area (Å²) in [5.74, 6) is 0.0926. The highest BCUT2D eigenvalue weighted by atomic mass is 35.5. The molecule has 352 valence electrons. The number of carbonyl (C=O) groups excluding carboxylic acids is 4. The maximum atomic E-state index is 14.0. The van der Waals surface area contributed by atoms with Crippen LogP contribution in [0.15, 0.2) is 77.9 Å². The first-order valence-electron chi connectivity index (χ1n) is 22.9. The molecular weight excluding hydrogens is 858 g/mol. The number of likely N-dealkylation sites (tertiary alicyclic amines) is 1. The molecule has 0 radical (unpaired) electrons. The summed E-state index contributed by atoms with van der Waals surface area (Å²) in [4.78, 5) is 59.5. The Morgan fingerprint density at radius 3 is 2.27 bits per heavy atom. The Bertz CT molecular complexity index is 2310. The van der Waals surface area contributed by atoms with Crippen LogP contribution in [0.25, 0.3) is 5.57 Å². The Balaban J connectivity index is 0.874. The number of rotatable bonds is 20. The molecule has 0 unspecified atom stereocenters. The average Bonchev–Trinajstić information content (AvgIpc) is 3.97. The summed E-state index contributed by atoms with van der Waals surface area (Å²) in [7, 11) is 0. The number of ether oxygens (including phenoxy) is 3. The molecule has 1 saturated carbocycles. The van der Waals surface area contributed by atoms with Crippen molar-refractivity contribution in [3.05, 3.63) is 100 Å². The van der Waals surface area contributed by atoms with E-state index >= 15 is 0 Å². The number of nitriles is 1. The Hall–Kier alpha value is -5.55. The third-order valence-corrected chi connectivity index (χ3v) is 13.3. The van der Waals surface area contributed by atoms with Crippen LogP contribution in [0.4, 0.5) is 0 Å². The second kappa shape index (κ2) is 21.4.